The molecule has 2 heterocycles. The first-order valence-corrected chi connectivity index (χ1v) is 15.6. The van der Waals surface area contributed by atoms with Gasteiger partial charge in [-0.15, -0.1) is 0 Å². The van der Waals surface area contributed by atoms with Crippen LogP contribution in [0.3, 0.4) is 0 Å². The summed E-state index contributed by atoms with van der Waals surface area (Å²) in [5, 5.41) is 11.8. The van der Waals surface area contributed by atoms with Crippen molar-refractivity contribution in [3.63, 3.8) is 0 Å². The molecule has 6 aromatic rings. The van der Waals surface area contributed by atoms with E-state index in [0.29, 0.717) is 21.7 Å². The van der Waals surface area contributed by atoms with Crippen LogP contribution >= 0.6 is 11.6 Å². The van der Waals surface area contributed by atoms with Crippen LogP contribution in [0.2, 0.25) is 5.02 Å². The van der Waals surface area contributed by atoms with Crippen molar-refractivity contribution in [3.05, 3.63) is 142 Å². The number of carbonyl (C=O) groups excluding carboxylic acids is 2. The van der Waals surface area contributed by atoms with Crippen LogP contribution in [-0.4, -0.2) is 31.4 Å². The number of halogens is 10. The van der Waals surface area contributed by atoms with E-state index in [-0.39, 0.29) is 16.9 Å². The van der Waals surface area contributed by atoms with E-state index in [9.17, 15) is 49.1 Å². The summed E-state index contributed by atoms with van der Waals surface area (Å²) in [5.41, 5.74) is -2.27. The van der Waals surface area contributed by atoms with Crippen LogP contribution in [-0.2, 0) is 26.4 Å². The van der Waals surface area contributed by atoms with Crippen molar-refractivity contribution in [1.82, 2.24) is 19.6 Å². The fraction of sp³-hybridized carbons (Fsp3) is 0.111. The van der Waals surface area contributed by atoms with Gasteiger partial charge < -0.3 is 10.6 Å². The lowest BCUT2D eigenvalue weighted by molar-refractivity contribution is -0.142. The molecule has 0 aliphatic carbocycles. The fourth-order valence-corrected chi connectivity index (χ4v) is 5.22. The van der Waals surface area contributed by atoms with E-state index in [1.807, 2.05) is 0 Å². The van der Waals surface area contributed by atoms with Crippen LogP contribution in [0, 0.1) is 17.5 Å². The molecule has 0 unspecified atom stereocenters. The van der Waals surface area contributed by atoms with Gasteiger partial charge in [0.1, 0.15) is 17.5 Å². The van der Waals surface area contributed by atoms with Gasteiger partial charge in [-0.3, -0.25) is 19.0 Å². The van der Waals surface area contributed by atoms with Crippen molar-refractivity contribution in [2.24, 2.45) is 14.1 Å². The predicted octanol–water partition coefficient (Wildman–Crippen LogP) is 9.79. The van der Waals surface area contributed by atoms with Gasteiger partial charge in [-0.25, -0.2) is 13.2 Å². The van der Waals surface area contributed by atoms with Crippen LogP contribution in [0.25, 0.3) is 22.3 Å². The second-order valence-electron chi connectivity index (χ2n) is 11.4. The van der Waals surface area contributed by atoms with Crippen molar-refractivity contribution in [1.29, 1.82) is 0 Å². The Morgan fingerprint density at radius 2 is 0.926 bits per heavy atom. The maximum atomic E-state index is 13.7. The zero-order valence-electron chi connectivity index (χ0n) is 27.6. The lowest BCUT2D eigenvalue weighted by Crippen LogP contribution is -2.18. The molecule has 0 radical (unpaired) electrons. The zero-order chi connectivity index (χ0) is 39.5. The minimum Gasteiger partial charge on any atom is -0.321 e. The number of alkyl halides is 6. The topological polar surface area (TPSA) is 93.8 Å². The number of amides is 2. The molecule has 0 spiro atoms. The first-order chi connectivity index (χ1) is 25.3. The highest BCUT2D eigenvalue weighted by Gasteiger charge is 2.40. The number of aromatic nitrogens is 4. The van der Waals surface area contributed by atoms with Crippen LogP contribution in [0.15, 0.2) is 97.3 Å². The molecule has 0 saturated heterocycles. The third kappa shape index (κ3) is 9.27. The summed E-state index contributed by atoms with van der Waals surface area (Å²) in [5.74, 6) is -3.74. The number of hydrogen-bond donors (Lipinski definition) is 2. The van der Waals surface area contributed by atoms with Gasteiger partial charge >= 0.3 is 12.4 Å². The highest BCUT2D eigenvalue weighted by molar-refractivity contribution is 6.30. The van der Waals surface area contributed by atoms with Gasteiger partial charge in [0.05, 0.1) is 11.1 Å². The van der Waals surface area contributed by atoms with E-state index in [4.69, 9.17) is 11.6 Å². The first-order valence-electron chi connectivity index (χ1n) is 15.3. The third-order valence-corrected chi connectivity index (χ3v) is 7.71. The molecule has 8 nitrogen and oxygen atoms in total. The van der Waals surface area contributed by atoms with Gasteiger partial charge in [-0.2, -0.15) is 36.5 Å². The average Bonchev–Trinajstić information content (AvgIpc) is 3.71. The summed E-state index contributed by atoms with van der Waals surface area (Å²) in [6.07, 6.45) is -7.67. The van der Waals surface area contributed by atoms with Crippen LogP contribution in [0.1, 0.15) is 32.1 Å². The molecule has 0 fully saturated rings. The Balaban J connectivity index is 0.000000208. The number of aryl methyl sites for hydroxylation is 2. The molecule has 0 atom stereocenters. The number of benzene rings is 4. The normalized spacial score (nSPS) is 11.5. The Morgan fingerprint density at radius 1 is 0.574 bits per heavy atom. The van der Waals surface area contributed by atoms with Crippen LogP contribution in [0.5, 0.6) is 0 Å². The molecule has 2 amide bonds. The minimum atomic E-state index is -4.81. The number of carbonyl (C=O) groups is 2. The first kappa shape index (κ1) is 39.1. The van der Waals surface area contributed by atoms with Gasteiger partial charge in [0.15, 0.2) is 11.4 Å². The SMILES string of the molecule is Cn1cc(C(=O)Nc2ccc(F)cc2-c2ccc(Cl)cc2)c(C(F)(F)F)n1.Cn1cc(C(=O)Nc2ccc(F)cc2-c2ccc(F)cc2)c(C(F)(F)F)n1. The molecule has 4 aromatic carbocycles. The van der Waals surface area contributed by atoms with Gasteiger partial charge in [0, 0.05) is 54.0 Å². The number of anilines is 2. The lowest BCUT2D eigenvalue weighted by atomic mass is 10.0. The Kier molecular flexibility index (Phi) is 11.2. The number of hydrogen-bond acceptors (Lipinski definition) is 4. The van der Waals surface area contributed by atoms with Crippen LogP contribution in [0.4, 0.5) is 50.9 Å². The van der Waals surface area contributed by atoms with Crippen molar-refractivity contribution in [2.45, 2.75) is 12.4 Å². The molecule has 6 rings (SSSR count). The van der Waals surface area contributed by atoms with E-state index in [1.54, 1.807) is 24.3 Å². The molecular formula is C36H24ClF9N6O2. The molecule has 2 aromatic heterocycles. The Hall–Kier alpha value is -6.10. The predicted molar refractivity (Wildman–Crippen MR) is 181 cm³/mol. The molecule has 0 aliphatic heterocycles. The molecule has 2 N–H and O–H groups in total. The summed E-state index contributed by atoms with van der Waals surface area (Å²) in [6, 6.07) is 18.3. The molecule has 280 valence electrons. The second kappa shape index (κ2) is 15.5. The van der Waals surface area contributed by atoms with Gasteiger partial charge in [-0.05, 0) is 71.8 Å². The van der Waals surface area contributed by atoms with E-state index < -0.39 is 64.1 Å². The molecule has 0 saturated carbocycles. The zero-order valence-corrected chi connectivity index (χ0v) is 28.4. The van der Waals surface area contributed by atoms with E-state index in [1.165, 1.54) is 44.4 Å². The average molecular weight is 779 g/mol. The summed E-state index contributed by atoms with van der Waals surface area (Å²) in [7, 11) is 2.54. The third-order valence-electron chi connectivity index (χ3n) is 7.45. The van der Waals surface area contributed by atoms with Crippen LogP contribution < -0.4 is 10.6 Å². The number of nitrogens with one attached hydrogen (secondary N) is 2. The Bertz CT molecular complexity index is 2150. The quantitative estimate of drug-likeness (QED) is 0.165. The number of nitrogens with zero attached hydrogens (tertiary/aromatic N) is 4. The fourth-order valence-electron chi connectivity index (χ4n) is 5.09. The van der Waals surface area contributed by atoms with Gasteiger partial charge in [0.2, 0.25) is 0 Å². The monoisotopic (exact) mass is 778 g/mol. The minimum absolute atomic E-state index is 0.0741. The molecule has 18 heteroatoms. The Labute approximate surface area is 304 Å². The van der Waals surface area contributed by atoms with Crippen molar-refractivity contribution in [2.75, 3.05) is 10.6 Å². The Morgan fingerprint density at radius 3 is 1.30 bits per heavy atom. The maximum absolute atomic E-state index is 13.7. The maximum Gasteiger partial charge on any atom is 0.435 e. The lowest BCUT2D eigenvalue weighted by Gasteiger charge is -2.12. The van der Waals surface area contributed by atoms with Crippen molar-refractivity contribution < 1.29 is 49.1 Å². The highest BCUT2D eigenvalue weighted by Crippen LogP contribution is 2.35. The standard InChI is InChI=1S/C18H12ClF4N3O.C18H12F5N3O/c2*1-26-9-14(16(25-26)18(21,22)23)17(27)24-15-7-6-12(20)8-13(15)10-2-4-11(19)5-3-10/h2*2-9H,1H3,(H,24,27). The van der Waals surface area contributed by atoms with Gasteiger partial charge in [0.25, 0.3) is 11.8 Å². The number of rotatable bonds is 6. The van der Waals surface area contributed by atoms with E-state index >= 15 is 0 Å². The largest absolute Gasteiger partial charge is 0.435 e. The summed E-state index contributed by atoms with van der Waals surface area (Å²) < 4.78 is 121. The van der Waals surface area contributed by atoms with E-state index in [2.05, 4.69) is 20.8 Å². The molecular weight excluding hydrogens is 755 g/mol. The highest BCUT2D eigenvalue weighted by atomic mass is 35.5. The smallest absolute Gasteiger partial charge is 0.321 e. The summed E-state index contributed by atoms with van der Waals surface area (Å²) in [6.45, 7) is 0. The van der Waals surface area contributed by atoms with Gasteiger partial charge in [-0.1, -0.05) is 35.9 Å². The summed E-state index contributed by atoms with van der Waals surface area (Å²) >= 11 is 5.84. The molecule has 0 aliphatic rings. The molecule has 54 heavy (non-hydrogen) atoms. The van der Waals surface area contributed by atoms with Crippen molar-refractivity contribution >= 4 is 34.8 Å². The summed E-state index contributed by atoms with van der Waals surface area (Å²) in [4.78, 5) is 24.8. The van der Waals surface area contributed by atoms with Crippen molar-refractivity contribution in [3.8, 4) is 22.3 Å². The second-order valence-corrected chi connectivity index (χ2v) is 11.9. The van der Waals surface area contributed by atoms with E-state index in [0.717, 1.165) is 52.1 Å². The molecule has 0 bridgehead atoms.